The van der Waals surface area contributed by atoms with E-state index in [9.17, 15) is 0 Å². The van der Waals surface area contributed by atoms with Crippen LogP contribution in [0.2, 0.25) is 0 Å². The van der Waals surface area contributed by atoms with Crippen molar-refractivity contribution in [3.8, 4) is 0 Å². The summed E-state index contributed by atoms with van der Waals surface area (Å²) in [6.07, 6.45) is 4.61. The summed E-state index contributed by atoms with van der Waals surface area (Å²) in [6.45, 7) is 11.4. The van der Waals surface area contributed by atoms with Crippen molar-refractivity contribution in [3.05, 3.63) is 34.4 Å². The average molecular weight is 261 g/mol. The van der Waals surface area contributed by atoms with Gasteiger partial charge in [0.1, 0.15) is 0 Å². The van der Waals surface area contributed by atoms with Gasteiger partial charge in [-0.05, 0) is 54.5 Å². The van der Waals surface area contributed by atoms with E-state index in [2.05, 4.69) is 59.1 Å². The normalized spacial score (nSPS) is 14.4. The molecule has 0 aliphatic carbocycles. The van der Waals surface area contributed by atoms with Crippen LogP contribution in [0.25, 0.3) is 0 Å². The molecular weight excluding hydrogens is 230 g/mol. The Morgan fingerprint density at radius 3 is 1.79 bits per heavy atom. The zero-order valence-corrected chi connectivity index (χ0v) is 13.6. The van der Waals surface area contributed by atoms with E-state index in [4.69, 9.17) is 0 Å². The highest BCUT2D eigenvalue weighted by Crippen LogP contribution is 2.31. The highest BCUT2D eigenvalue weighted by molar-refractivity contribution is 5.42. The van der Waals surface area contributed by atoms with E-state index in [0.29, 0.717) is 12.0 Å². The molecule has 1 heteroatoms. The molecule has 0 heterocycles. The molecule has 0 spiro atoms. The second kappa shape index (κ2) is 7.69. The Morgan fingerprint density at radius 2 is 1.47 bits per heavy atom. The van der Waals surface area contributed by atoms with Gasteiger partial charge in [0.25, 0.3) is 0 Å². The molecule has 0 aliphatic rings. The Morgan fingerprint density at radius 1 is 0.947 bits per heavy atom. The summed E-state index contributed by atoms with van der Waals surface area (Å²) >= 11 is 0. The fraction of sp³-hybridized carbons (Fsp3) is 0.667. The molecule has 0 amide bonds. The van der Waals surface area contributed by atoms with Crippen LogP contribution in [0.3, 0.4) is 0 Å². The summed E-state index contributed by atoms with van der Waals surface area (Å²) in [4.78, 5) is 0. The van der Waals surface area contributed by atoms with Crippen molar-refractivity contribution >= 4 is 0 Å². The number of nitrogens with one attached hydrogen (secondary N) is 1. The average Bonchev–Trinajstić information content (AvgIpc) is 2.47. The van der Waals surface area contributed by atoms with Gasteiger partial charge in [-0.25, -0.2) is 0 Å². The summed E-state index contributed by atoms with van der Waals surface area (Å²) in [5, 5.41) is 3.56. The van der Waals surface area contributed by atoms with Gasteiger partial charge in [0.05, 0.1) is 0 Å². The van der Waals surface area contributed by atoms with E-state index in [0.717, 1.165) is 19.3 Å². The molecule has 0 aromatic heterocycles. The number of aryl methyl sites for hydroxylation is 3. The molecule has 0 aliphatic heterocycles. The predicted molar refractivity (Wildman–Crippen MR) is 85.8 cm³/mol. The van der Waals surface area contributed by atoms with Gasteiger partial charge in [0, 0.05) is 6.04 Å². The van der Waals surface area contributed by atoms with E-state index in [1.54, 1.807) is 5.56 Å². The summed E-state index contributed by atoms with van der Waals surface area (Å²) in [5.41, 5.74) is 6.13. The fourth-order valence-electron chi connectivity index (χ4n) is 2.99. The number of hydrogen-bond donors (Lipinski definition) is 1. The zero-order chi connectivity index (χ0) is 14.4. The maximum atomic E-state index is 3.56. The maximum Gasteiger partial charge on any atom is 0.0348 e. The summed E-state index contributed by atoms with van der Waals surface area (Å²) in [7, 11) is 2.10. The minimum atomic E-state index is 0.487. The molecule has 108 valence electrons. The number of hydrogen-bond acceptors (Lipinski definition) is 1. The van der Waals surface area contributed by atoms with Gasteiger partial charge in [-0.1, -0.05) is 53.2 Å². The Hall–Kier alpha value is -0.820. The SMILES string of the molecule is CCc1cc(CC)c(C(NC)C(C)CC)c(CC)c1. The molecule has 0 bridgehead atoms. The smallest absolute Gasteiger partial charge is 0.0348 e. The van der Waals surface area contributed by atoms with Crippen molar-refractivity contribution in [3.63, 3.8) is 0 Å². The molecule has 1 rings (SSSR count). The zero-order valence-electron chi connectivity index (χ0n) is 13.6. The third kappa shape index (κ3) is 3.60. The molecule has 1 aromatic rings. The summed E-state index contributed by atoms with van der Waals surface area (Å²) < 4.78 is 0. The van der Waals surface area contributed by atoms with E-state index >= 15 is 0 Å². The maximum absolute atomic E-state index is 3.56. The molecule has 0 fully saturated rings. The molecule has 1 nitrogen and oxygen atoms in total. The Balaban J connectivity index is 3.37. The van der Waals surface area contributed by atoms with Crippen LogP contribution in [0, 0.1) is 5.92 Å². The molecule has 2 unspecified atom stereocenters. The molecule has 0 saturated carbocycles. The van der Waals surface area contributed by atoms with E-state index in [1.807, 2.05) is 0 Å². The van der Waals surface area contributed by atoms with Gasteiger partial charge < -0.3 is 5.32 Å². The predicted octanol–water partition coefficient (Wildman–Crippen LogP) is 4.68. The number of rotatable bonds is 7. The lowest BCUT2D eigenvalue weighted by Gasteiger charge is -2.28. The molecular formula is C18H31N. The van der Waals surface area contributed by atoms with Crippen molar-refractivity contribution in [1.82, 2.24) is 5.32 Å². The van der Waals surface area contributed by atoms with Gasteiger partial charge in [-0.15, -0.1) is 0 Å². The van der Waals surface area contributed by atoms with Crippen molar-refractivity contribution in [2.75, 3.05) is 7.05 Å². The highest BCUT2D eigenvalue weighted by Gasteiger charge is 2.21. The van der Waals surface area contributed by atoms with Gasteiger partial charge in [-0.3, -0.25) is 0 Å². The first kappa shape index (κ1) is 16.2. The number of benzene rings is 1. The van der Waals surface area contributed by atoms with Gasteiger partial charge in [0.15, 0.2) is 0 Å². The van der Waals surface area contributed by atoms with Crippen LogP contribution >= 0.6 is 0 Å². The van der Waals surface area contributed by atoms with Crippen LogP contribution in [0.4, 0.5) is 0 Å². The lowest BCUT2D eigenvalue weighted by Crippen LogP contribution is -2.25. The van der Waals surface area contributed by atoms with Crippen LogP contribution in [0.5, 0.6) is 0 Å². The lowest BCUT2D eigenvalue weighted by atomic mass is 9.83. The van der Waals surface area contributed by atoms with Gasteiger partial charge in [0.2, 0.25) is 0 Å². The second-order valence-corrected chi connectivity index (χ2v) is 5.54. The van der Waals surface area contributed by atoms with Crippen LogP contribution < -0.4 is 5.32 Å². The van der Waals surface area contributed by atoms with E-state index in [-0.39, 0.29) is 0 Å². The van der Waals surface area contributed by atoms with Gasteiger partial charge in [-0.2, -0.15) is 0 Å². The van der Waals surface area contributed by atoms with Crippen LogP contribution in [-0.4, -0.2) is 7.05 Å². The fourth-order valence-corrected chi connectivity index (χ4v) is 2.99. The van der Waals surface area contributed by atoms with Crippen LogP contribution in [-0.2, 0) is 19.3 Å². The molecule has 2 atom stereocenters. The Kier molecular flexibility index (Phi) is 6.57. The van der Waals surface area contributed by atoms with Gasteiger partial charge >= 0.3 is 0 Å². The lowest BCUT2D eigenvalue weighted by molar-refractivity contribution is 0.396. The van der Waals surface area contributed by atoms with Crippen molar-refractivity contribution in [2.24, 2.45) is 5.92 Å². The minimum absolute atomic E-state index is 0.487. The standard InChI is InChI=1S/C18H31N/c1-7-13(5)18(19-6)17-15(9-3)11-14(8-2)12-16(17)10-4/h11-13,18-19H,7-10H2,1-6H3. The largest absolute Gasteiger partial charge is 0.313 e. The molecule has 0 saturated heterocycles. The monoisotopic (exact) mass is 261 g/mol. The summed E-state index contributed by atoms with van der Waals surface area (Å²) in [5.74, 6) is 0.674. The molecule has 19 heavy (non-hydrogen) atoms. The quantitative estimate of drug-likeness (QED) is 0.751. The first-order valence-corrected chi connectivity index (χ1v) is 7.94. The third-order valence-corrected chi connectivity index (χ3v) is 4.42. The molecule has 1 aromatic carbocycles. The minimum Gasteiger partial charge on any atom is -0.313 e. The van der Waals surface area contributed by atoms with Crippen molar-refractivity contribution in [2.45, 2.75) is 66.3 Å². The Bertz CT molecular complexity index is 370. The molecule has 0 radical (unpaired) electrons. The van der Waals surface area contributed by atoms with E-state index < -0.39 is 0 Å². The second-order valence-electron chi connectivity index (χ2n) is 5.54. The van der Waals surface area contributed by atoms with Crippen molar-refractivity contribution < 1.29 is 0 Å². The first-order valence-electron chi connectivity index (χ1n) is 7.94. The van der Waals surface area contributed by atoms with Crippen LogP contribution in [0.15, 0.2) is 12.1 Å². The summed E-state index contributed by atoms with van der Waals surface area (Å²) in [6, 6.07) is 5.32. The first-order chi connectivity index (χ1) is 9.12. The third-order valence-electron chi connectivity index (χ3n) is 4.42. The molecule has 1 N–H and O–H groups in total. The van der Waals surface area contributed by atoms with Crippen molar-refractivity contribution in [1.29, 1.82) is 0 Å². The topological polar surface area (TPSA) is 12.0 Å². The highest BCUT2D eigenvalue weighted by atomic mass is 14.9. The Labute approximate surface area is 119 Å². The van der Waals surface area contributed by atoms with Crippen LogP contribution in [0.1, 0.15) is 69.3 Å². The van der Waals surface area contributed by atoms with E-state index in [1.165, 1.54) is 23.1 Å².